The Morgan fingerprint density at radius 2 is 1.64 bits per heavy atom. The monoisotopic (exact) mass is 366 g/mol. The molecule has 22 heavy (non-hydrogen) atoms. The molecule has 3 nitrogen and oxygen atoms in total. The molecule has 122 valence electrons. The van der Waals surface area contributed by atoms with E-state index in [4.69, 9.17) is 4.74 Å². The van der Waals surface area contributed by atoms with Gasteiger partial charge in [0.2, 0.25) is 0 Å². The van der Waals surface area contributed by atoms with Gasteiger partial charge in [-0.1, -0.05) is 28.1 Å². The molecule has 2 saturated heterocycles. The Kier molecular flexibility index (Phi) is 5.55. The van der Waals surface area contributed by atoms with Crippen molar-refractivity contribution >= 4 is 15.9 Å². The summed E-state index contributed by atoms with van der Waals surface area (Å²) in [6, 6.07) is 9.47. The van der Waals surface area contributed by atoms with Crippen molar-refractivity contribution in [1.82, 2.24) is 9.80 Å². The fraction of sp³-hybridized carbons (Fsp3) is 0.667. The van der Waals surface area contributed by atoms with Gasteiger partial charge in [-0.15, -0.1) is 0 Å². The van der Waals surface area contributed by atoms with Crippen molar-refractivity contribution in [2.45, 2.75) is 51.5 Å². The van der Waals surface area contributed by atoms with E-state index < -0.39 is 0 Å². The van der Waals surface area contributed by atoms with Crippen molar-refractivity contribution in [3.05, 3.63) is 34.3 Å². The number of nitrogens with zero attached hydrogens (tertiary/aromatic N) is 2. The number of hydrogen-bond acceptors (Lipinski definition) is 3. The Morgan fingerprint density at radius 3 is 2.23 bits per heavy atom. The lowest BCUT2D eigenvalue weighted by molar-refractivity contribution is -0.0865. The molecule has 0 N–H and O–H groups in total. The minimum atomic E-state index is 0.379. The topological polar surface area (TPSA) is 15.7 Å². The number of halogens is 1. The second-order valence-corrected chi connectivity index (χ2v) is 7.76. The molecule has 0 saturated carbocycles. The summed E-state index contributed by atoms with van der Waals surface area (Å²) < 4.78 is 7.02. The standard InChI is InChI=1S/C18H27BrN2O/c1-14-11-21(12-15(2)22-14)18-7-9-20(10-8-18)13-16-3-5-17(19)6-4-16/h3-6,14-15,18H,7-13H2,1-2H3/t14-,15-/m0/s1. The van der Waals surface area contributed by atoms with E-state index in [1.807, 2.05) is 0 Å². The van der Waals surface area contributed by atoms with Crippen LogP contribution in [0.5, 0.6) is 0 Å². The molecule has 0 aliphatic carbocycles. The largest absolute Gasteiger partial charge is 0.373 e. The number of benzene rings is 1. The molecule has 0 unspecified atom stereocenters. The highest BCUT2D eigenvalue weighted by Gasteiger charge is 2.30. The highest BCUT2D eigenvalue weighted by Crippen LogP contribution is 2.22. The van der Waals surface area contributed by atoms with Gasteiger partial charge in [0.25, 0.3) is 0 Å². The molecule has 2 aliphatic rings. The number of rotatable bonds is 3. The molecule has 2 atom stereocenters. The summed E-state index contributed by atoms with van der Waals surface area (Å²) in [6.45, 7) is 10.1. The molecule has 0 radical (unpaired) electrons. The van der Waals surface area contributed by atoms with E-state index in [0.29, 0.717) is 12.2 Å². The molecule has 1 aromatic carbocycles. The highest BCUT2D eigenvalue weighted by molar-refractivity contribution is 9.10. The summed E-state index contributed by atoms with van der Waals surface area (Å²) in [7, 11) is 0. The Bertz CT molecular complexity index is 460. The molecule has 0 amide bonds. The van der Waals surface area contributed by atoms with Crippen LogP contribution in [0.1, 0.15) is 32.3 Å². The average Bonchev–Trinajstić information content (AvgIpc) is 2.49. The summed E-state index contributed by atoms with van der Waals surface area (Å²) in [4.78, 5) is 5.25. The van der Waals surface area contributed by atoms with E-state index in [9.17, 15) is 0 Å². The third-order valence-electron chi connectivity index (χ3n) is 4.84. The molecule has 3 rings (SSSR count). The maximum atomic E-state index is 5.86. The first-order valence-corrected chi connectivity index (χ1v) is 9.26. The van der Waals surface area contributed by atoms with Gasteiger partial charge in [-0.2, -0.15) is 0 Å². The number of ether oxygens (including phenoxy) is 1. The van der Waals surface area contributed by atoms with Crippen molar-refractivity contribution in [1.29, 1.82) is 0 Å². The van der Waals surface area contributed by atoms with Gasteiger partial charge in [0.15, 0.2) is 0 Å². The van der Waals surface area contributed by atoms with E-state index in [-0.39, 0.29) is 0 Å². The molecule has 2 aliphatic heterocycles. The maximum absolute atomic E-state index is 5.86. The van der Waals surface area contributed by atoms with Crippen LogP contribution in [-0.4, -0.2) is 54.2 Å². The smallest absolute Gasteiger partial charge is 0.0678 e. The zero-order valence-corrected chi connectivity index (χ0v) is 15.3. The van der Waals surface area contributed by atoms with Crippen LogP contribution in [0.3, 0.4) is 0 Å². The normalized spacial score (nSPS) is 28.9. The zero-order valence-electron chi connectivity index (χ0n) is 13.7. The first-order valence-electron chi connectivity index (χ1n) is 8.46. The van der Waals surface area contributed by atoms with Crippen LogP contribution >= 0.6 is 15.9 Å². The Labute approximate surface area is 142 Å². The van der Waals surface area contributed by atoms with E-state index in [1.165, 1.54) is 31.5 Å². The fourth-order valence-electron chi connectivity index (χ4n) is 3.81. The van der Waals surface area contributed by atoms with E-state index in [1.54, 1.807) is 0 Å². The number of piperidine rings is 1. The van der Waals surface area contributed by atoms with E-state index in [0.717, 1.165) is 30.1 Å². The average molecular weight is 367 g/mol. The van der Waals surface area contributed by atoms with E-state index in [2.05, 4.69) is 63.8 Å². The van der Waals surface area contributed by atoms with Crippen LogP contribution in [-0.2, 0) is 11.3 Å². The van der Waals surface area contributed by atoms with Gasteiger partial charge in [-0.05, 0) is 57.5 Å². The zero-order chi connectivity index (χ0) is 15.5. The van der Waals surface area contributed by atoms with Gasteiger partial charge >= 0.3 is 0 Å². The Morgan fingerprint density at radius 1 is 1.05 bits per heavy atom. The van der Waals surface area contributed by atoms with Crippen LogP contribution < -0.4 is 0 Å². The highest BCUT2D eigenvalue weighted by atomic mass is 79.9. The van der Waals surface area contributed by atoms with Crippen molar-refractivity contribution in [2.75, 3.05) is 26.2 Å². The Hall–Kier alpha value is -0.420. The lowest BCUT2D eigenvalue weighted by Crippen LogP contribution is -2.53. The van der Waals surface area contributed by atoms with Gasteiger partial charge in [0.05, 0.1) is 12.2 Å². The number of morpholine rings is 1. The van der Waals surface area contributed by atoms with Gasteiger partial charge < -0.3 is 4.74 Å². The predicted molar refractivity (Wildman–Crippen MR) is 94.0 cm³/mol. The van der Waals surface area contributed by atoms with Crippen molar-refractivity contribution in [3.63, 3.8) is 0 Å². The molecule has 0 aromatic heterocycles. The molecular formula is C18H27BrN2O. The first kappa shape index (κ1) is 16.4. The summed E-state index contributed by atoms with van der Waals surface area (Å²) in [5.74, 6) is 0. The second kappa shape index (κ2) is 7.43. The lowest BCUT2D eigenvalue weighted by Gasteiger charge is -2.43. The summed E-state index contributed by atoms with van der Waals surface area (Å²) in [6.07, 6.45) is 3.33. The molecular weight excluding hydrogens is 340 g/mol. The molecule has 0 spiro atoms. The van der Waals surface area contributed by atoms with Crippen molar-refractivity contribution in [2.24, 2.45) is 0 Å². The summed E-state index contributed by atoms with van der Waals surface area (Å²) in [5, 5.41) is 0. The molecule has 2 fully saturated rings. The molecule has 4 heteroatoms. The van der Waals surface area contributed by atoms with Crippen molar-refractivity contribution in [3.8, 4) is 0 Å². The van der Waals surface area contributed by atoms with Gasteiger partial charge in [-0.3, -0.25) is 9.80 Å². The fourth-order valence-corrected chi connectivity index (χ4v) is 4.07. The first-order chi connectivity index (χ1) is 10.6. The van der Waals surface area contributed by atoms with Crippen LogP contribution in [0.25, 0.3) is 0 Å². The second-order valence-electron chi connectivity index (χ2n) is 6.85. The quantitative estimate of drug-likeness (QED) is 0.813. The SMILES string of the molecule is C[C@H]1CN(C2CCN(Cc3ccc(Br)cc3)CC2)C[C@H](C)O1. The minimum Gasteiger partial charge on any atom is -0.373 e. The molecule has 2 heterocycles. The van der Waals surface area contributed by atoms with Crippen LogP contribution in [0, 0.1) is 0 Å². The van der Waals surface area contributed by atoms with E-state index >= 15 is 0 Å². The third kappa shape index (κ3) is 4.31. The number of likely N-dealkylation sites (tertiary alicyclic amines) is 1. The van der Waals surface area contributed by atoms with Gasteiger partial charge in [0.1, 0.15) is 0 Å². The molecule has 0 bridgehead atoms. The third-order valence-corrected chi connectivity index (χ3v) is 5.37. The number of hydrogen-bond donors (Lipinski definition) is 0. The lowest BCUT2D eigenvalue weighted by atomic mass is 10.0. The maximum Gasteiger partial charge on any atom is 0.0678 e. The van der Waals surface area contributed by atoms with Crippen LogP contribution in [0.4, 0.5) is 0 Å². The van der Waals surface area contributed by atoms with Crippen molar-refractivity contribution < 1.29 is 4.74 Å². The summed E-state index contributed by atoms with van der Waals surface area (Å²) >= 11 is 3.50. The Balaban J connectivity index is 1.48. The van der Waals surface area contributed by atoms with Gasteiger partial charge in [-0.25, -0.2) is 0 Å². The van der Waals surface area contributed by atoms with Crippen LogP contribution in [0.15, 0.2) is 28.7 Å². The predicted octanol–water partition coefficient (Wildman–Crippen LogP) is 3.52. The van der Waals surface area contributed by atoms with Gasteiger partial charge in [0, 0.05) is 30.1 Å². The van der Waals surface area contributed by atoms with Crippen LogP contribution in [0.2, 0.25) is 0 Å². The minimum absolute atomic E-state index is 0.379. The summed E-state index contributed by atoms with van der Waals surface area (Å²) in [5.41, 5.74) is 1.41. The molecule has 1 aromatic rings.